The molecule has 1 aliphatic rings. The van der Waals surface area contributed by atoms with E-state index in [1.54, 1.807) is 25.0 Å². The number of halogens is 2. The Balaban J connectivity index is 0.00000220. The molecule has 2 unspecified atom stereocenters. The average Bonchev–Trinajstić information content (AvgIpc) is 2.48. The van der Waals surface area contributed by atoms with Crippen LogP contribution in [0.3, 0.4) is 0 Å². The number of amides is 1. The summed E-state index contributed by atoms with van der Waals surface area (Å²) in [5.41, 5.74) is 6.76. The van der Waals surface area contributed by atoms with Gasteiger partial charge in [0.25, 0.3) is 5.91 Å². The highest BCUT2D eigenvalue weighted by Gasteiger charge is 2.31. The van der Waals surface area contributed by atoms with Crippen molar-refractivity contribution < 1.29 is 13.9 Å². The number of ether oxygens (including phenoxy) is 1. The van der Waals surface area contributed by atoms with Crippen molar-refractivity contribution in [3.8, 4) is 0 Å². The molecule has 1 amide bonds. The van der Waals surface area contributed by atoms with Crippen molar-refractivity contribution in [3.05, 3.63) is 35.1 Å². The van der Waals surface area contributed by atoms with Gasteiger partial charge in [-0.25, -0.2) is 4.39 Å². The summed E-state index contributed by atoms with van der Waals surface area (Å²) in [5.74, 6) is -0.381. The van der Waals surface area contributed by atoms with Crippen LogP contribution in [0.1, 0.15) is 28.8 Å². The molecule has 21 heavy (non-hydrogen) atoms. The Labute approximate surface area is 130 Å². The van der Waals surface area contributed by atoms with Gasteiger partial charge in [-0.1, -0.05) is 0 Å². The minimum atomic E-state index is -0.296. The largest absolute Gasteiger partial charge is 0.381 e. The van der Waals surface area contributed by atoms with E-state index in [2.05, 4.69) is 0 Å². The Morgan fingerprint density at radius 3 is 2.81 bits per heavy atom. The molecule has 1 aliphatic heterocycles. The molecule has 2 atom stereocenters. The van der Waals surface area contributed by atoms with E-state index in [1.165, 1.54) is 12.1 Å². The molecule has 1 saturated heterocycles. The molecule has 1 aromatic rings. The van der Waals surface area contributed by atoms with Crippen molar-refractivity contribution >= 4 is 18.3 Å². The summed E-state index contributed by atoms with van der Waals surface area (Å²) >= 11 is 0. The van der Waals surface area contributed by atoms with E-state index >= 15 is 0 Å². The number of methoxy groups -OCH3 is 1. The first kappa shape index (κ1) is 17.9. The normalized spacial score (nSPS) is 21.8. The molecule has 2 rings (SSSR count). The maximum atomic E-state index is 13.3. The van der Waals surface area contributed by atoms with Gasteiger partial charge in [-0.3, -0.25) is 4.79 Å². The third-order valence-corrected chi connectivity index (χ3v) is 3.94. The molecule has 2 N–H and O–H groups in total. The number of aryl methyl sites for hydroxylation is 1. The van der Waals surface area contributed by atoms with Crippen molar-refractivity contribution in [2.24, 2.45) is 5.73 Å². The van der Waals surface area contributed by atoms with Gasteiger partial charge in [0.05, 0.1) is 6.10 Å². The number of nitrogens with zero attached hydrogens (tertiary/aromatic N) is 1. The highest BCUT2D eigenvalue weighted by atomic mass is 35.5. The average molecular weight is 317 g/mol. The summed E-state index contributed by atoms with van der Waals surface area (Å²) in [6.07, 6.45) is 1.71. The van der Waals surface area contributed by atoms with Gasteiger partial charge < -0.3 is 15.4 Å². The summed E-state index contributed by atoms with van der Waals surface area (Å²) in [6.45, 7) is 2.69. The molecule has 1 fully saturated rings. The number of hydrogen-bond donors (Lipinski definition) is 1. The van der Waals surface area contributed by atoms with Gasteiger partial charge in [-0.2, -0.15) is 0 Å². The number of rotatable bonds is 3. The van der Waals surface area contributed by atoms with Gasteiger partial charge in [-0.05, 0) is 43.5 Å². The summed E-state index contributed by atoms with van der Waals surface area (Å²) in [7, 11) is 1.68. The first-order chi connectivity index (χ1) is 9.56. The highest BCUT2D eigenvalue weighted by molar-refractivity contribution is 5.94. The molecular weight excluding hydrogens is 295 g/mol. The second-order valence-electron chi connectivity index (χ2n) is 5.23. The highest BCUT2D eigenvalue weighted by Crippen LogP contribution is 2.22. The lowest BCUT2D eigenvalue weighted by Gasteiger charge is -2.38. The molecular formula is C15H22ClFN2O2. The lowest BCUT2D eigenvalue weighted by Crippen LogP contribution is -2.51. The Kier molecular flexibility index (Phi) is 6.58. The standard InChI is InChI=1S/C15H21FN2O2.ClH/c1-10-7-11(3-4-14(10)16)15(19)18-6-5-13(20-2)8-12(18)9-17;/h3-4,7,12-13H,5-6,8-9,17H2,1-2H3;1H. The molecule has 1 aromatic carbocycles. The molecule has 0 aliphatic carbocycles. The fourth-order valence-corrected chi connectivity index (χ4v) is 2.66. The van der Waals surface area contributed by atoms with Crippen LogP contribution < -0.4 is 5.73 Å². The molecule has 0 radical (unpaired) electrons. The first-order valence-electron chi connectivity index (χ1n) is 6.86. The number of carbonyl (C=O) groups excluding carboxylic acids is 1. The topological polar surface area (TPSA) is 55.6 Å². The fourth-order valence-electron chi connectivity index (χ4n) is 2.66. The predicted octanol–water partition coefficient (Wildman–Crippen LogP) is 2.13. The minimum absolute atomic E-state index is 0. The molecule has 4 nitrogen and oxygen atoms in total. The molecule has 6 heteroatoms. The van der Waals surface area contributed by atoms with Gasteiger partial charge >= 0.3 is 0 Å². The zero-order valence-corrected chi connectivity index (χ0v) is 13.2. The quantitative estimate of drug-likeness (QED) is 0.929. The van der Waals surface area contributed by atoms with E-state index in [-0.39, 0.29) is 36.3 Å². The van der Waals surface area contributed by atoms with Crippen LogP contribution in [-0.4, -0.2) is 43.2 Å². The van der Waals surface area contributed by atoms with Crippen LogP contribution in [-0.2, 0) is 4.74 Å². The minimum Gasteiger partial charge on any atom is -0.381 e. The summed E-state index contributed by atoms with van der Waals surface area (Å²) in [4.78, 5) is 14.3. The SMILES string of the molecule is COC1CCN(C(=O)c2ccc(F)c(C)c2)C(CN)C1.Cl. The Hall–Kier alpha value is -1.17. The van der Waals surface area contributed by atoms with Crippen molar-refractivity contribution in [1.29, 1.82) is 0 Å². The summed E-state index contributed by atoms with van der Waals surface area (Å²) < 4.78 is 18.6. The van der Waals surface area contributed by atoms with Crippen LogP contribution in [0.4, 0.5) is 4.39 Å². The first-order valence-corrected chi connectivity index (χ1v) is 6.86. The lowest BCUT2D eigenvalue weighted by atomic mass is 9.98. The molecule has 118 valence electrons. The van der Waals surface area contributed by atoms with Crippen LogP contribution >= 0.6 is 12.4 Å². The number of carbonyl (C=O) groups is 1. The summed E-state index contributed by atoms with van der Waals surface area (Å²) in [6, 6.07) is 4.43. The number of hydrogen-bond acceptors (Lipinski definition) is 3. The van der Waals surface area contributed by atoms with E-state index < -0.39 is 0 Å². The smallest absolute Gasteiger partial charge is 0.254 e. The van der Waals surface area contributed by atoms with E-state index in [4.69, 9.17) is 10.5 Å². The molecule has 0 aromatic heterocycles. The van der Waals surface area contributed by atoms with Crippen molar-refractivity contribution in [3.63, 3.8) is 0 Å². The number of likely N-dealkylation sites (tertiary alicyclic amines) is 1. The van der Waals surface area contributed by atoms with Crippen LogP contribution in [0.5, 0.6) is 0 Å². The van der Waals surface area contributed by atoms with Crippen LogP contribution in [0.25, 0.3) is 0 Å². The lowest BCUT2D eigenvalue weighted by molar-refractivity contribution is 0.0139. The summed E-state index contributed by atoms with van der Waals surface area (Å²) in [5, 5.41) is 0. The van der Waals surface area contributed by atoms with Gasteiger partial charge in [0.15, 0.2) is 0 Å². The Bertz CT molecular complexity index is 499. The van der Waals surface area contributed by atoms with E-state index in [0.717, 1.165) is 12.8 Å². The van der Waals surface area contributed by atoms with E-state index in [9.17, 15) is 9.18 Å². The predicted molar refractivity (Wildman–Crippen MR) is 82.3 cm³/mol. The monoisotopic (exact) mass is 316 g/mol. The van der Waals surface area contributed by atoms with Gasteiger partial charge in [0.2, 0.25) is 0 Å². The van der Waals surface area contributed by atoms with Gasteiger partial charge in [-0.15, -0.1) is 12.4 Å². The molecule has 0 saturated carbocycles. The third-order valence-electron chi connectivity index (χ3n) is 3.94. The Morgan fingerprint density at radius 2 is 2.24 bits per heavy atom. The zero-order valence-electron chi connectivity index (χ0n) is 12.3. The second kappa shape index (κ2) is 7.73. The van der Waals surface area contributed by atoms with Gasteiger partial charge in [0, 0.05) is 31.8 Å². The number of benzene rings is 1. The van der Waals surface area contributed by atoms with Crippen LogP contribution in [0.15, 0.2) is 18.2 Å². The van der Waals surface area contributed by atoms with Crippen LogP contribution in [0, 0.1) is 12.7 Å². The fraction of sp³-hybridized carbons (Fsp3) is 0.533. The molecule has 1 heterocycles. The van der Waals surface area contributed by atoms with Gasteiger partial charge in [0.1, 0.15) is 5.82 Å². The van der Waals surface area contributed by atoms with Crippen molar-refractivity contribution in [2.75, 3.05) is 20.2 Å². The molecule has 0 bridgehead atoms. The van der Waals surface area contributed by atoms with Crippen molar-refractivity contribution in [2.45, 2.75) is 31.9 Å². The second-order valence-corrected chi connectivity index (χ2v) is 5.23. The maximum Gasteiger partial charge on any atom is 0.254 e. The van der Waals surface area contributed by atoms with E-state index in [1.807, 2.05) is 0 Å². The number of piperidine rings is 1. The van der Waals surface area contributed by atoms with E-state index in [0.29, 0.717) is 24.2 Å². The molecule has 0 spiro atoms. The zero-order chi connectivity index (χ0) is 14.7. The maximum absolute atomic E-state index is 13.3. The number of nitrogens with two attached hydrogens (primary N) is 1. The third kappa shape index (κ3) is 3.93. The van der Waals surface area contributed by atoms with Crippen molar-refractivity contribution in [1.82, 2.24) is 4.90 Å². The Morgan fingerprint density at radius 1 is 1.52 bits per heavy atom. The van der Waals surface area contributed by atoms with Crippen LogP contribution in [0.2, 0.25) is 0 Å².